The molecule has 0 aliphatic heterocycles. The second kappa shape index (κ2) is 6.41. The number of rotatable bonds is 5. The SMILES string of the molecule is CCC(C)S(=O)CC(=O)C1CCCCC1. The van der Waals surface area contributed by atoms with Crippen LogP contribution in [-0.2, 0) is 15.6 Å². The van der Waals surface area contributed by atoms with Gasteiger partial charge in [0.2, 0.25) is 0 Å². The zero-order chi connectivity index (χ0) is 11.3. The Hall–Kier alpha value is -0.180. The number of hydrogen-bond acceptors (Lipinski definition) is 2. The summed E-state index contributed by atoms with van der Waals surface area (Å²) >= 11 is 0. The maximum atomic E-state index is 11.8. The van der Waals surface area contributed by atoms with Crippen LogP contribution in [0.1, 0.15) is 52.4 Å². The van der Waals surface area contributed by atoms with Crippen molar-refractivity contribution in [1.82, 2.24) is 0 Å². The zero-order valence-electron chi connectivity index (χ0n) is 9.83. The molecular formula is C12H22O2S. The van der Waals surface area contributed by atoms with Crippen LogP contribution >= 0.6 is 0 Å². The Morgan fingerprint density at radius 2 is 1.93 bits per heavy atom. The molecule has 1 aliphatic rings. The van der Waals surface area contributed by atoms with Gasteiger partial charge in [-0.25, -0.2) is 0 Å². The average Bonchev–Trinajstić information content (AvgIpc) is 2.29. The van der Waals surface area contributed by atoms with Gasteiger partial charge in [0.15, 0.2) is 0 Å². The van der Waals surface area contributed by atoms with Gasteiger partial charge in [-0.1, -0.05) is 33.1 Å². The highest BCUT2D eigenvalue weighted by atomic mass is 32.2. The molecule has 3 heteroatoms. The van der Waals surface area contributed by atoms with E-state index in [0.717, 1.165) is 19.3 Å². The van der Waals surface area contributed by atoms with Gasteiger partial charge in [0, 0.05) is 22.0 Å². The molecule has 1 aliphatic carbocycles. The normalized spacial score (nSPS) is 22.3. The Kier molecular flexibility index (Phi) is 5.51. The molecule has 0 heterocycles. The summed E-state index contributed by atoms with van der Waals surface area (Å²) in [5.41, 5.74) is 0. The molecule has 0 saturated heterocycles. The van der Waals surface area contributed by atoms with Crippen LogP contribution in [0, 0.1) is 5.92 Å². The third kappa shape index (κ3) is 4.06. The summed E-state index contributed by atoms with van der Waals surface area (Å²) in [7, 11) is -0.946. The fraction of sp³-hybridized carbons (Fsp3) is 0.917. The molecule has 1 saturated carbocycles. The van der Waals surface area contributed by atoms with Gasteiger partial charge in [-0.3, -0.25) is 9.00 Å². The van der Waals surface area contributed by atoms with Crippen LogP contribution in [0.3, 0.4) is 0 Å². The fourth-order valence-corrected chi connectivity index (χ4v) is 3.18. The predicted octanol–water partition coefficient (Wildman–Crippen LogP) is 2.68. The molecule has 0 spiro atoms. The lowest BCUT2D eigenvalue weighted by Gasteiger charge is -2.20. The maximum absolute atomic E-state index is 11.8. The van der Waals surface area contributed by atoms with Gasteiger partial charge in [0.25, 0.3) is 0 Å². The lowest BCUT2D eigenvalue weighted by molar-refractivity contribution is -0.121. The molecule has 2 nitrogen and oxygen atoms in total. The van der Waals surface area contributed by atoms with Crippen LogP contribution in [0.15, 0.2) is 0 Å². The molecule has 2 unspecified atom stereocenters. The highest BCUT2D eigenvalue weighted by Crippen LogP contribution is 2.24. The van der Waals surface area contributed by atoms with E-state index in [-0.39, 0.29) is 17.0 Å². The zero-order valence-corrected chi connectivity index (χ0v) is 10.6. The molecule has 1 rings (SSSR count). The first kappa shape index (κ1) is 12.9. The van der Waals surface area contributed by atoms with Gasteiger partial charge in [-0.15, -0.1) is 0 Å². The average molecular weight is 230 g/mol. The molecule has 0 N–H and O–H groups in total. The smallest absolute Gasteiger partial charge is 0.148 e. The summed E-state index contributed by atoms with van der Waals surface area (Å²) in [4.78, 5) is 11.8. The standard InChI is InChI=1S/C12H22O2S/c1-3-10(2)15(14)9-12(13)11-7-5-4-6-8-11/h10-11H,3-9H2,1-2H3. The first-order valence-corrected chi connectivity index (χ1v) is 7.43. The van der Waals surface area contributed by atoms with Gasteiger partial charge >= 0.3 is 0 Å². The summed E-state index contributed by atoms with van der Waals surface area (Å²) in [5.74, 6) is 0.750. The van der Waals surface area contributed by atoms with Gasteiger partial charge in [0.1, 0.15) is 5.78 Å². The van der Waals surface area contributed by atoms with E-state index in [2.05, 4.69) is 0 Å². The molecule has 1 fully saturated rings. The van der Waals surface area contributed by atoms with Crippen molar-refractivity contribution in [3.63, 3.8) is 0 Å². The Morgan fingerprint density at radius 3 is 2.47 bits per heavy atom. The van der Waals surface area contributed by atoms with E-state index in [1.54, 1.807) is 0 Å². The molecule has 0 amide bonds. The number of carbonyl (C=O) groups is 1. The van der Waals surface area contributed by atoms with Gasteiger partial charge in [0.05, 0.1) is 5.75 Å². The van der Waals surface area contributed by atoms with Crippen molar-refractivity contribution in [3.8, 4) is 0 Å². The van der Waals surface area contributed by atoms with E-state index in [0.29, 0.717) is 5.75 Å². The monoisotopic (exact) mass is 230 g/mol. The number of carbonyl (C=O) groups excluding carboxylic acids is 1. The van der Waals surface area contributed by atoms with Gasteiger partial charge < -0.3 is 0 Å². The third-order valence-corrected chi connectivity index (χ3v) is 5.17. The molecule has 0 aromatic heterocycles. The van der Waals surface area contributed by atoms with Crippen molar-refractivity contribution in [2.24, 2.45) is 5.92 Å². The van der Waals surface area contributed by atoms with Crippen molar-refractivity contribution in [3.05, 3.63) is 0 Å². The number of hydrogen-bond donors (Lipinski definition) is 0. The van der Waals surface area contributed by atoms with E-state index in [4.69, 9.17) is 0 Å². The van der Waals surface area contributed by atoms with Gasteiger partial charge in [-0.05, 0) is 19.3 Å². The molecule has 0 aromatic rings. The van der Waals surface area contributed by atoms with E-state index in [1.165, 1.54) is 19.3 Å². The first-order chi connectivity index (χ1) is 7.15. The van der Waals surface area contributed by atoms with Crippen LogP contribution in [0.4, 0.5) is 0 Å². The Labute approximate surface area is 95.3 Å². The number of Topliss-reactive ketones (excluding diaryl/α,β-unsaturated/α-hetero) is 1. The highest BCUT2D eigenvalue weighted by Gasteiger charge is 2.23. The summed E-state index contributed by atoms with van der Waals surface area (Å²) in [5, 5.41) is 0.164. The van der Waals surface area contributed by atoms with Crippen molar-refractivity contribution < 1.29 is 9.00 Å². The second-order valence-corrected chi connectivity index (χ2v) is 6.40. The topological polar surface area (TPSA) is 34.1 Å². The molecular weight excluding hydrogens is 208 g/mol. The largest absolute Gasteiger partial charge is 0.298 e. The highest BCUT2D eigenvalue weighted by molar-refractivity contribution is 7.86. The summed E-state index contributed by atoms with van der Waals surface area (Å²) in [6.45, 7) is 3.98. The van der Waals surface area contributed by atoms with Crippen molar-refractivity contribution in [2.75, 3.05) is 5.75 Å². The Bertz CT molecular complexity index is 232. The van der Waals surface area contributed by atoms with Crippen LogP contribution in [-0.4, -0.2) is 21.0 Å². The van der Waals surface area contributed by atoms with Crippen LogP contribution in [0.5, 0.6) is 0 Å². The van der Waals surface area contributed by atoms with Crippen LogP contribution in [0.25, 0.3) is 0 Å². The van der Waals surface area contributed by atoms with Crippen molar-refractivity contribution >= 4 is 16.6 Å². The minimum absolute atomic E-state index is 0.164. The molecule has 88 valence electrons. The van der Waals surface area contributed by atoms with Crippen LogP contribution in [0.2, 0.25) is 0 Å². The number of ketones is 1. The summed E-state index contributed by atoms with van der Waals surface area (Å²) < 4.78 is 11.7. The van der Waals surface area contributed by atoms with E-state index in [1.807, 2.05) is 13.8 Å². The fourth-order valence-electron chi connectivity index (χ4n) is 2.01. The minimum atomic E-state index is -0.946. The predicted molar refractivity (Wildman–Crippen MR) is 64.3 cm³/mol. The maximum Gasteiger partial charge on any atom is 0.148 e. The molecule has 15 heavy (non-hydrogen) atoms. The molecule has 0 aromatic carbocycles. The Morgan fingerprint density at radius 1 is 1.33 bits per heavy atom. The molecule has 2 atom stereocenters. The molecule has 0 radical (unpaired) electrons. The lowest BCUT2D eigenvalue weighted by atomic mass is 9.87. The second-order valence-electron chi connectivity index (χ2n) is 4.55. The third-order valence-electron chi connectivity index (χ3n) is 3.37. The summed E-state index contributed by atoms with van der Waals surface area (Å²) in [6, 6.07) is 0. The Balaban J connectivity index is 2.37. The van der Waals surface area contributed by atoms with Crippen molar-refractivity contribution in [2.45, 2.75) is 57.6 Å². The van der Waals surface area contributed by atoms with Crippen molar-refractivity contribution in [1.29, 1.82) is 0 Å². The minimum Gasteiger partial charge on any atom is -0.298 e. The lowest BCUT2D eigenvalue weighted by Crippen LogP contribution is -2.26. The van der Waals surface area contributed by atoms with Gasteiger partial charge in [-0.2, -0.15) is 0 Å². The first-order valence-electron chi connectivity index (χ1n) is 6.05. The summed E-state index contributed by atoms with van der Waals surface area (Å²) in [6.07, 6.45) is 6.55. The van der Waals surface area contributed by atoms with E-state index < -0.39 is 10.8 Å². The van der Waals surface area contributed by atoms with E-state index in [9.17, 15) is 9.00 Å². The molecule has 0 bridgehead atoms. The van der Waals surface area contributed by atoms with E-state index >= 15 is 0 Å². The van der Waals surface area contributed by atoms with Crippen LogP contribution < -0.4 is 0 Å². The quantitative estimate of drug-likeness (QED) is 0.727.